The Kier molecular flexibility index (Phi) is 19.1. The molecule has 19 heteroatoms. The number of aromatic nitrogens is 4. The summed E-state index contributed by atoms with van der Waals surface area (Å²) in [6, 6.07) is 50.9. The molecule has 1 spiro atoms. The number of benzene rings is 5. The summed E-state index contributed by atoms with van der Waals surface area (Å²) in [4.78, 5) is 104. The molecular weight excluding hydrogens is 1230 g/mol. The molecule has 3 aliphatic carbocycles. The Morgan fingerprint density at radius 3 is 1.42 bits per heavy atom. The summed E-state index contributed by atoms with van der Waals surface area (Å²) in [6.07, 6.45) is 12.1. The van der Waals surface area contributed by atoms with Crippen LogP contribution in [-0.4, -0.2) is 67.1 Å². The zero-order valence-electron chi connectivity index (χ0n) is 54.6. The van der Waals surface area contributed by atoms with Crippen molar-refractivity contribution < 1.29 is 62.4 Å². The van der Waals surface area contributed by atoms with Gasteiger partial charge in [-0.15, -0.1) is 0 Å². The van der Waals surface area contributed by atoms with E-state index in [0.717, 1.165) is 84.3 Å². The van der Waals surface area contributed by atoms with Crippen LogP contribution >= 0.6 is 0 Å². The average Bonchev–Trinajstić information content (AvgIpc) is 1.66. The quantitative estimate of drug-likeness (QED) is 0.0434. The van der Waals surface area contributed by atoms with E-state index in [0.29, 0.717) is 66.6 Å². The zero-order valence-corrected chi connectivity index (χ0v) is 54.6. The maximum atomic E-state index is 14.0. The van der Waals surface area contributed by atoms with Gasteiger partial charge in [0.15, 0.2) is 11.4 Å². The van der Waals surface area contributed by atoms with Crippen molar-refractivity contribution in [2.24, 2.45) is 0 Å². The molecule has 0 saturated heterocycles. The second kappa shape index (κ2) is 27.9. The molecule has 1 aliphatic heterocycles. The van der Waals surface area contributed by atoms with Crippen LogP contribution in [0.3, 0.4) is 0 Å². The monoisotopic (exact) mass is 1300 g/mol. The third-order valence-corrected chi connectivity index (χ3v) is 17.1. The molecular formula is C78H68N6O13. The second-order valence-corrected chi connectivity index (χ2v) is 24.4. The minimum Gasteiger partial charge on any atom is -0.508 e. The van der Waals surface area contributed by atoms with Crippen molar-refractivity contribution in [3.05, 3.63) is 291 Å². The first kappa shape index (κ1) is 66.5. The molecule has 0 fully saturated rings. The second-order valence-electron chi connectivity index (χ2n) is 24.4. The Labute approximate surface area is 560 Å². The number of anilines is 2. The number of carbonyl (C=O) groups is 7. The van der Waals surface area contributed by atoms with Crippen molar-refractivity contribution in [2.45, 2.75) is 98.0 Å². The third kappa shape index (κ3) is 14.1. The Morgan fingerprint density at radius 2 is 0.969 bits per heavy atom. The SMILES string of the molecule is CC(=O)OC(C)=O.CC(=O)Oc1ccc2c(c1)C(C)(C)c1cc(OC(C)=O)ccc1C21OC(=O)c2cc(N(Cc3ccccn3)Cc3ccccn3)ccc21.CC1(C)C2=CC(=O)C=CC2=C(c2ccc(N(Cc3ccccn3)Cc3ccccn3)cc2OC=O)c2ccc(O)cc21. The number of phenols is 1. The summed E-state index contributed by atoms with van der Waals surface area (Å²) in [5.41, 5.74) is 11.9. The van der Waals surface area contributed by atoms with Crippen molar-refractivity contribution in [1.82, 2.24) is 19.9 Å². The number of rotatable bonds is 15. The van der Waals surface area contributed by atoms with Crippen LogP contribution in [0.15, 0.2) is 218 Å². The number of pyridine rings is 4. The fraction of sp³-hybridized carbons (Fsp3) is 0.192. The van der Waals surface area contributed by atoms with Crippen LogP contribution in [0.4, 0.5) is 11.4 Å². The van der Waals surface area contributed by atoms with Gasteiger partial charge >= 0.3 is 29.8 Å². The van der Waals surface area contributed by atoms with Crippen molar-refractivity contribution >= 4 is 59.0 Å². The van der Waals surface area contributed by atoms with Crippen LogP contribution in [0, 0.1) is 0 Å². The fourth-order valence-electron chi connectivity index (χ4n) is 12.9. The van der Waals surface area contributed by atoms with E-state index < -0.39 is 46.3 Å². The highest BCUT2D eigenvalue weighted by atomic mass is 16.6. The van der Waals surface area contributed by atoms with Gasteiger partial charge in [-0.3, -0.25) is 48.7 Å². The van der Waals surface area contributed by atoms with Gasteiger partial charge in [0.25, 0.3) is 6.47 Å². The molecule has 5 heterocycles. The molecule has 1 N–H and O–H groups in total. The highest BCUT2D eigenvalue weighted by Gasteiger charge is 2.56. The van der Waals surface area contributed by atoms with Gasteiger partial charge in [-0.2, -0.15) is 0 Å². The number of phenolic OH excluding ortho intramolecular Hbond substituents is 1. The predicted molar refractivity (Wildman–Crippen MR) is 361 cm³/mol. The maximum Gasteiger partial charge on any atom is 0.340 e. The van der Waals surface area contributed by atoms with Crippen LogP contribution in [0.1, 0.15) is 133 Å². The number of aromatic hydroxyl groups is 1. The number of allylic oxidation sites excluding steroid dienone is 5. The lowest BCUT2D eigenvalue weighted by Crippen LogP contribution is -2.41. The summed E-state index contributed by atoms with van der Waals surface area (Å²) in [7, 11) is 0. The first-order chi connectivity index (χ1) is 46.5. The van der Waals surface area contributed by atoms with E-state index in [1.807, 2.05) is 173 Å². The summed E-state index contributed by atoms with van der Waals surface area (Å²) in [5, 5.41) is 10.4. The Hall–Kier alpha value is -12.0. The first-order valence-electron chi connectivity index (χ1n) is 31.1. The number of fused-ring (bicyclic) bond motifs is 8. The van der Waals surface area contributed by atoms with E-state index in [4.69, 9.17) is 18.9 Å². The van der Waals surface area contributed by atoms with Crippen LogP contribution in [0.2, 0.25) is 0 Å². The Balaban J connectivity index is 0.000000180. The standard InChI is InChI=1S/C39H33N3O6.C35H29N3O4.C4H6O3/c1-24(43)46-29-12-15-33-35(20-29)38(3,4)36-21-30(47-25(2)44)13-16-34(36)39(33)32-14-11-28(19-31(32)37(45)48-39)42(22-26-9-5-7-17-40-26)23-27-10-6-8-18-41-27;1-35(2)31-18-26(40)10-13-28(31)34(29-14-11-27(41)19-32(29)35)30-12-9-25(17-33(30)42-22-39)38(20-23-7-3-5-15-36-23)21-24-8-4-6-16-37-24;1-3(5)7-4(2)6/h5-21H,22-23H2,1-4H3;3-19,22,40H,20-21H2,1-2H3;1-2H3. The summed E-state index contributed by atoms with van der Waals surface area (Å²) in [5.74, 6) is -1.30. The predicted octanol–water partition coefficient (Wildman–Crippen LogP) is 12.8. The maximum absolute atomic E-state index is 14.0. The molecule has 0 amide bonds. The van der Waals surface area contributed by atoms with Gasteiger partial charge in [-0.05, 0) is 155 Å². The normalized spacial score (nSPS) is 14.3. The molecule has 0 unspecified atom stereocenters. The highest BCUT2D eigenvalue weighted by Crippen LogP contribution is 2.58. The summed E-state index contributed by atoms with van der Waals surface area (Å²) < 4.78 is 27.1. The van der Waals surface area contributed by atoms with Crippen LogP contribution in [-0.2, 0) is 80.9 Å². The average molecular weight is 1300 g/mol. The molecule has 9 aromatic rings. The number of nitrogens with zero attached hydrogens (tertiary/aromatic N) is 6. The molecule has 4 aliphatic rings. The van der Waals surface area contributed by atoms with Crippen molar-refractivity contribution in [3.8, 4) is 23.0 Å². The van der Waals surface area contributed by atoms with Gasteiger partial charge in [0.1, 0.15) is 23.0 Å². The third-order valence-electron chi connectivity index (χ3n) is 17.1. The molecule has 0 bridgehead atoms. The van der Waals surface area contributed by atoms with Gasteiger partial charge in [-0.1, -0.05) is 82.3 Å². The molecule has 0 atom stereocenters. The van der Waals surface area contributed by atoms with Gasteiger partial charge in [0.05, 0.1) is 54.5 Å². The van der Waals surface area contributed by atoms with E-state index in [1.165, 1.54) is 27.7 Å². The van der Waals surface area contributed by atoms with E-state index in [2.05, 4.69) is 34.5 Å². The largest absolute Gasteiger partial charge is 0.508 e. The van der Waals surface area contributed by atoms with Crippen LogP contribution in [0.5, 0.6) is 23.0 Å². The lowest BCUT2D eigenvalue weighted by Gasteiger charge is -2.44. The molecule has 4 aromatic heterocycles. The van der Waals surface area contributed by atoms with E-state index in [1.54, 1.807) is 61.2 Å². The lowest BCUT2D eigenvalue weighted by molar-refractivity contribution is -0.156. The van der Waals surface area contributed by atoms with Gasteiger partial charge < -0.3 is 38.6 Å². The zero-order chi connectivity index (χ0) is 68.8. The number of ketones is 1. The van der Waals surface area contributed by atoms with Gasteiger partial charge in [-0.25, -0.2) is 4.79 Å². The molecule has 19 nitrogen and oxygen atoms in total. The molecule has 0 saturated carbocycles. The van der Waals surface area contributed by atoms with E-state index in [-0.39, 0.29) is 11.5 Å². The Bertz CT molecular complexity index is 4500. The number of esters is 5. The van der Waals surface area contributed by atoms with Crippen LogP contribution in [0.25, 0.3) is 5.57 Å². The minimum absolute atomic E-state index is 0.0934. The molecule has 0 radical (unpaired) electrons. The van der Waals surface area contributed by atoms with Gasteiger partial charge in [0, 0.05) is 109 Å². The Morgan fingerprint density at radius 1 is 0.495 bits per heavy atom. The minimum atomic E-state index is -1.30. The van der Waals surface area contributed by atoms with Crippen molar-refractivity contribution in [3.63, 3.8) is 0 Å². The van der Waals surface area contributed by atoms with Gasteiger partial charge in [0.2, 0.25) is 0 Å². The number of ether oxygens (including phenoxy) is 5. The van der Waals surface area contributed by atoms with Crippen molar-refractivity contribution in [2.75, 3.05) is 9.80 Å². The molecule has 13 rings (SSSR count). The summed E-state index contributed by atoms with van der Waals surface area (Å²) >= 11 is 0. The fourth-order valence-corrected chi connectivity index (χ4v) is 12.9. The molecule has 5 aromatic carbocycles. The van der Waals surface area contributed by atoms with Crippen LogP contribution < -0.4 is 24.0 Å². The van der Waals surface area contributed by atoms with Crippen molar-refractivity contribution in [1.29, 1.82) is 0 Å². The molecule has 488 valence electrons. The lowest BCUT2D eigenvalue weighted by atomic mass is 9.61. The smallest absolute Gasteiger partial charge is 0.340 e. The number of carbonyl (C=O) groups excluding carboxylic acids is 7. The summed E-state index contributed by atoms with van der Waals surface area (Å²) in [6.45, 7) is 15.7. The number of hydrogen-bond acceptors (Lipinski definition) is 19. The molecule has 97 heavy (non-hydrogen) atoms. The number of hydrogen-bond donors (Lipinski definition) is 1. The van der Waals surface area contributed by atoms with E-state index in [9.17, 15) is 38.7 Å². The van der Waals surface area contributed by atoms with E-state index >= 15 is 0 Å². The topological polar surface area (TPSA) is 244 Å². The highest BCUT2D eigenvalue weighted by molar-refractivity contribution is 6.06. The first-order valence-corrected chi connectivity index (χ1v) is 31.1.